The maximum Gasteiger partial charge on any atom is 0.187 e. The Morgan fingerprint density at radius 1 is 1.06 bits per heavy atom. The average molecular weight is 518 g/mol. The second-order valence-corrected chi connectivity index (χ2v) is 10.1. The standard InChI is InChI=1S/C22H20Cl4N2O2S/c23-15-1-3-18(4-2-15)31-12-17-11-29-22(30-17,13-28-8-7-27-14-28)6-5-19-20(25)9-16(24)10-21(19)26/h1-4,7-10,14,17H,5-6,11-13H2. The average Bonchev–Trinajstić information content (AvgIpc) is 3.37. The van der Waals surface area contributed by atoms with Crippen molar-refractivity contribution in [3.63, 3.8) is 0 Å². The quantitative estimate of drug-likeness (QED) is 0.300. The summed E-state index contributed by atoms with van der Waals surface area (Å²) in [6.45, 7) is 1.04. The van der Waals surface area contributed by atoms with E-state index in [0.717, 1.165) is 21.2 Å². The molecule has 9 heteroatoms. The Hall–Kier alpha value is -0.920. The highest BCUT2D eigenvalue weighted by Crippen LogP contribution is 2.36. The molecule has 1 fully saturated rings. The van der Waals surface area contributed by atoms with Gasteiger partial charge in [-0.25, -0.2) is 4.98 Å². The van der Waals surface area contributed by atoms with Gasteiger partial charge in [0.25, 0.3) is 0 Å². The van der Waals surface area contributed by atoms with Gasteiger partial charge in [0.1, 0.15) is 0 Å². The molecular formula is C22H20Cl4N2O2S. The minimum absolute atomic E-state index is 0.0413. The molecule has 0 radical (unpaired) electrons. The number of thioether (sulfide) groups is 1. The van der Waals surface area contributed by atoms with Gasteiger partial charge in [0.05, 0.1) is 25.6 Å². The number of nitrogens with zero attached hydrogens (tertiary/aromatic N) is 2. The van der Waals surface area contributed by atoms with Crippen molar-refractivity contribution in [3.8, 4) is 0 Å². The molecule has 2 heterocycles. The van der Waals surface area contributed by atoms with Crippen LogP contribution in [0.2, 0.25) is 20.1 Å². The number of hydrogen-bond acceptors (Lipinski definition) is 4. The van der Waals surface area contributed by atoms with Gasteiger partial charge >= 0.3 is 0 Å². The lowest BCUT2D eigenvalue weighted by Gasteiger charge is -2.29. The molecule has 2 aromatic carbocycles. The van der Waals surface area contributed by atoms with E-state index < -0.39 is 5.79 Å². The van der Waals surface area contributed by atoms with Crippen LogP contribution in [0.15, 0.2) is 60.0 Å². The number of rotatable bonds is 8. The molecule has 4 nitrogen and oxygen atoms in total. The molecular weight excluding hydrogens is 498 g/mol. The summed E-state index contributed by atoms with van der Waals surface area (Å²) in [5.74, 6) is -0.0199. The van der Waals surface area contributed by atoms with Crippen LogP contribution in [0.3, 0.4) is 0 Å². The van der Waals surface area contributed by atoms with Crippen molar-refractivity contribution in [2.24, 2.45) is 0 Å². The monoisotopic (exact) mass is 516 g/mol. The Morgan fingerprint density at radius 3 is 2.48 bits per heavy atom. The number of halogens is 4. The zero-order valence-electron chi connectivity index (χ0n) is 16.4. The van der Waals surface area contributed by atoms with Gasteiger partial charge in [0, 0.05) is 49.6 Å². The molecule has 2 atom stereocenters. The van der Waals surface area contributed by atoms with Gasteiger partial charge < -0.3 is 14.0 Å². The third kappa shape index (κ3) is 6.11. The fraction of sp³-hybridized carbons (Fsp3) is 0.318. The Kier molecular flexibility index (Phi) is 7.76. The Morgan fingerprint density at radius 2 is 1.81 bits per heavy atom. The summed E-state index contributed by atoms with van der Waals surface area (Å²) in [7, 11) is 0. The van der Waals surface area contributed by atoms with Crippen molar-refractivity contribution < 1.29 is 9.47 Å². The van der Waals surface area contributed by atoms with E-state index in [1.807, 2.05) is 35.0 Å². The summed E-state index contributed by atoms with van der Waals surface area (Å²) in [4.78, 5) is 5.27. The molecule has 0 N–H and O–H groups in total. The van der Waals surface area contributed by atoms with Crippen LogP contribution in [0.1, 0.15) is 12.0 Å². The van der Waals surface area contributed by atoms with Crippen LogP contribution in [-0.4, -0.2) is 33.8 Å². The van der Waals surface area contributed by atoms with Crippen molar-refractivity contribution in [1.29, 1.82) is 0 Å². The number of benzene rings is 2. The van der Waals surface area contributed by atoms with E-state index in [4.69, 9.17) is 55.9 Å². The minimum Gasteiger partial charge on any atom is -0.345 e. The third-order valence-corrected chi connectivity index (χ3v) is 7.30. The van der Waals surface area contributed by atoms with E-state index in [-0.39, 0.29) is 6.10 Å². The van der Waals surface area contributed by atoms with E-state index in [2.05, 4.69) is 4.98 Å². The Labute approximate surface area is 205 Å². The van der Waals surface area contributed by atoms with Crippen LogP contribution in [0, 0.1) is 0 Å². The van der Waals surface area contributed by atoms with E-state index >= 15 is 0 Å². The van der Waals surface area contributed by atoms with Gasteiger partial charge in [-0.2, -0.15) is 0 Å². The molecule has 1 aromatic heterocycles. The van der Waals surface area contributed by atoms with Gasteiger partial charge in [0.2, 0.25) is 0 Å². The second kappa shape index (κ2) is 10.3. The largest absolute Gasteiger partial charge is 0.345 e. The number of hydrogen-bond donors (Lipinski definition) is 0. The number of imidazole rings is 1. The van der Waals surface area contributed by atoms with E-state index in [1.165, 1.54) is 0 Å². The first-order chi connectivity index (χ1) is 14.9. The lowest BCUT2D eigenvalue weighted by Crippen LogP contribution is -2.37. The fourth-order valence-electron chi connectivity index (χ4n) is 3.50. The predicted molar refractivity (Wildman–Crippen MR) is 128 cm³/mol. The molecule has 2 unspecified atom stereocenters. The van der Waals surface area contributed by atoms with Crippen molar-refractivity contribution in [3.05, 3.63) is 80.8 Å². The molecule has 1 aliphatic rings. The summed E-state index contributed by atoms with van der Waals surface area (Å²) in [5.41, 5.74) is 0.837. The molecule has 0 aliphatic carbocycles. The molecule has 0 spiro atoms. The van der Waals surface area contributed by atoms with Crippen LogP contribution in [-0.2, 0) is 22.4 Å². The molecule has 0 amide bonds. The summed E-state index contributed by atoms with van der Waals surface area (Å²) in [5, 5.41) is 2.33. The lowest BCUT2D eigenvalue weighted by molar-refractivity contribution is -0.180. The first-order valence-electron chi connectivity index (χ1n) is 9.72. The highest BCUT2D eigenvalue weighted by Gasteiger charge is 2.41. The third-order valence-electron chi connectivity index (χ3n) is 5.01. The summed E-state index contributed by atoms with van der Waals surface area (Å²) < 4.78 is 14.7. The summed E-state index contributed by atoms with van der Waals surface area (Å²) in [6.07, 6.45) is 6.54. The van der Waals surface area contributed by atoms with Crippen LogP contribution in [0.5, 0.6) is 0 Å². The molecule has 4 rings (SSSR count). The molecule has 31 heavy (non-hydrogen) atoms. The van der Waals surface area contributed by atoms with Crippen LogP contribution < -0.4 is 0 Å². The molecule has 1 saturated heterocycles. The van der Waals surface area contributed by atoms with Gasteiger partial charge in [-0.15, -0.1) is 11.8 Å². The first kappa shape index (κ1) is 23.2. The smallest absolute Gasteiger partial charge is 0.187 e. The lowest BCUT2D eigenvalue weighted by atomic mass is 10.0. The minimum atomic E-state index is -0.793. The van der Waals surface area contributed by atoms with Crippen LogP contribution >= 0.6 is 58.2 Å². The molecule has 3 aromatic rings. The second-order valence-electron chi connectivity index (χ2n) is 7.31. The van der Waals surface area contributed by atoms with Gasteiger partial charge in [-0.05, 0) is 48.4 Å². The highest BCUT2D eigenvalue weighted by molar-refractivity contribution is 7.99. The van der Waals surface area contributed by atoms with Crippen molar-refractivity contribution in [2.45, 2.75) is 36.2 Å². The molecule has 164 valence electrons. The molecule has 0 saturated carbocycles. The summed E-state index contributed by atoms with van der Waals surface area (Å²) in [6, 6.07) is 11.2. The SMILES string of the molecule is Clc1ccc(SCC2COC(CCc3c(Cl)cc(Cl)cc3Cl)(Cn3ccnc3)O2)cc1. The zero-order chi connectivity index (χ0) is 21.8. The summed E-state index contributed by atoms with van der Waals surface area (Å²) >= 11 is 26.5. The Bertz CT molecular complexity index is 994. The predicted octanol–water partition coefficient (Wildman–Crippen LogP) is 7.03. The van der Waals surface area contributed by atoms with E-state index in [9.17, 15) is 0 Å². The van der Waals surface area contributed by atoms with Gasteiger partial charge in [-0.1, -0.05) is 46.4 Å². The van der Waals surface area contributed by atoms with Gasteiger partial charge in [0.15, 0.2) is 5.79 Å². The Balaban J connectivity index is 1.45. The highest BCUT2D eigenvalue weighted by atomic mass is 35.5. The van der Waals surface area contributed by atoms with Crippen molar-refractivity contribution in [2.75, 3.05) is 12.4 Å². The normalized spacial score (nSPS) is 21.0. The maximum atomic E-state index is 6.46. The fourth-order valence-corrected chi connectivity index (χ4v) is 5.50. The topological polar surface area (TPSA) is 36.3 Å². The number of aromatic nitrogens is 2. The zero-order valence-corrected chi connectivity index (χ0v) is 20.3. The first-order valence-corrected chi connectivity index (χ1v) is 12.2. The maximum absolute atomic E-state index is 6.46. The van der Waals surface area contributed by atoms with Crippen molar-refractivity contribution >= 4 is 58.2 Å². The van der Waals surface area contributed by atoms with E-state index in [1.54, 1.807) is 36.4 Å². The van der Waals surface area contributed by atoms with Crippen LogP contribution in [0.25, 0.3) is 0 Å². The number of ether oxygens (including phenoxy) is 2. The molecule has 0 bridgehead atoms. The van der Waals surface area contributed by atoms with Crippen molar-refractivity contribution in [1.82, 2.24) is 9.55 Å². The van der Waals surface area contributed by atoms with Crippen LogP contribution in [0.4, 0.5) is 0 Å². The molecule has 1 aliphatic heterocycles. The van der Waals surface area contributed by atoms with Gasteiger partial charge in [-0.3, -0.25) is 0 Å². The van der Waals surface area contributed by atoms with E-state index in [0.29, 0.717) is 41.1 Å².